The van der Waals surface area contributed by atoms with Gasteiger partial charge in [-0.05, 0) is 44.5 Å². The van der Waals surface area contributed by atoms with Gasteiger partial charge in [0.2, 0.25) is 0 Å². The van der Waals surface area contributed by atoms with Crippen molar-refractivity contribution in [1.29, 1.82) is 0 Å². The van der Waals surface area contributed by atoms with Gasteiger partial charge in [0, 0.05) is 6.04 Å². The lowest BCUT2D eigenvalue weighted by atomic mass is 10.0. The first kappa shape index (κ1) is 11.6. The Labute approximate surface area is 96.8 Å². The number of hydrogen-bond donors (Lipinski definition) is 1. The minimum atomic E-state index is -3.05. The van der Waals surface area contributed by atoms with Gasteiger partial charge in [0.05, 0.1) is 10.1 Å². The third-order valence-corrected chi connectivity index (χ3v) is 5.60. The molecular formula is C12H17NO2S. The molecule has 0 fully saturated rings. The van der Waals surface area contributed by atoms with E-state index in [0.717, 1.165) is 11.1 Å². The molecule has 1 aliphatic heterocycles. The van der Waals surface area contributed by atoms with E-state index in [9.17, 15) is 8.42 Å². The quantitative estimate of drug-likeness (QED) is 0.854. The first-order valence-corrected chi connectivity index (χ1v) is 7.05. The molecule has 0 bridgehead atoms. The molecule has 16 heavy (non-hydrogen) atoms. The van der Waals surface area contributed by atoms with Crippen LogP contribution in [0.2, 0.25) is 0 Å². The van der Waals surface area contributed by atoms with Gasteiger partial charge in [-0.15, -0.1) is 0 Å². The van der Waals surface area contributed by atoms with Gasteiger partial charge in [-0.25, -0.2) is 8.42 Å². The number of benzene rings is 1. The average Bonchev–Trinajstić information content (AvgIpc) is 2.48. The van der Waals surface area contributed by atoms with E-state index in [1.807, 2.05) is 19.2 Å². The fourth-order valence-electron chi connectivity index (χ4n) is 2.11. The highest BCUT2D eigenvalue weighted by atomic mass is 32.2. The predicted octanol–water partition coefficient (Wildman–Crippen LogP) is 1.69. The maximum absolute atomic E-state index is 11.9. The molecule has 2 atom stereocenters. The van der Waals surface area contributed by atoms with Crippen LogP contribution in [0.4, 0.5) is 0 Å². The Morgan fingerprint density at radius 3 is 2.75 bits per heavy atom. The van der Waals surface area contributed by atoms with Gasteiger partial charge in [0.25, 0.3) is 0 Å². The summed E-state index contributed by atoms with van der Waals surface area (Å²) in [5.41, 5.74) is 2.11. The molecule has 1 heterocycles. The third kappa shape index (κ3) is 1.66. The van der Waals surface area contributed by atoms with E-state index in [1.165, 1.54) is 0 Å². The summed E-state index contributed by atoms with van der Waals surface area (Å²) in [6.07, 6.45) is 0.641. The van der Waals surface area contributed by atoms with E-state index in [0.29, 0.717) is 11.3 Å². The van der Waals surface area contributed by atoms with Crippen molar-refractivity contribution in [2.45, 2.75) is 36.5 Å². The monoisotopic (exact) mass is 239 g/mol. The Morgan fingerprint density at radius 1 is 1.44 bits per heavy atom. The van der Waals surface area contributed by atoms with Crippen molar-refractivity contribution in [3.63, 3.8) is 0 Å². The summed E-state index contributed by atoms with van der Waals surface area (Å²) < 4.78 is 23.8. The number of sulfone groups is 1. The molecule has 1 aromatic rings. The van der Waals surface area contributed by atoms with E-state index < -0.39 is 9.84 Å². The largest absolute Gasteiger partial charge is 0.313 e. The fourth-order valence-corrected chi connectivity index (χ4v) is 3.71. The van der Waals surface area contributed by atoms with Gasteiger partial charge in [-0.1, -0.05) is 12.1 Å². The smallest absolute Gasteiger partial charge is 0.181 e. The molecule has 0 aliphatic carbocycles. The lowest BCUT2D eigenvalue weighted by Crippen LogP contribution is -2.12. The van der Waals surface area contributed by atoms with Crippen molar-refractivity contribution < 1.29 is 8.42 Å². The van der Waals surface area contributed by atoms with Gasteiger partial charge >= 0.3 is 0 Å². The summed E-state index contributed by atoms with van der Waals surface area (Å²) >= 11 is 0. The predicted molar refractivity (Wildman–Crippen MR) is 64.3 cm³/mol. The molecule has 0 aromatic heterocycles. The zero-order valence-electron chi connectivity index (χ0n) is 9.82. The molecular weight excluding hydrogens is 222 g/mol. The Kier molecular flexibility index (Phi) is 2.80. The third-order valence-electron chi connectivity index (χ3n) is 3.36. The van der Waals surface area contributed by atoms with E-state index in [2.05, 4.69) is 12.2 Å². The van der Waals surface area contributed by atoms with Crippen LogP contribution in [0, 0.1) is 0 Å². The molecule has 2 rings (SSSR count). The van der Waals surface area contributed by atoms with Crippen LogP contribution in [-0.2, 0) is 16.3 Å². The highest BCUT2D eigenvalue weighted by Gasteiger charge is 2.33. The summed E-state index contributed by atoms with van der Waals surface area (Å²) in [7, 11) is -1.15. The van der Waals surface area contributed by atoms with Crippen LogP contribution in [0.25, 0.3) is 0 Å². The summed E-state index contributed by atoms with van der Waals surface area (Å²) in [5.74, 6) is 0. The second-order valence-corrected chi connectivity index (χ2v) is 6.77. The summed E-state index contributed by atoms with van der Waals surface area (Å²) in [4.78, 5) is 0.520. The maximum atomic E-state index is 11.9. The SMILES string of the molecule is CNC(C)c1ccc2c(c1)CC(C)S2(=O)=O. The summed E-state index contributed by atoms with van der Waals surface area (Å²) in [5, 5.41) is 2.88. The van der Waals surface area contributed by atoms with E-state index in [1.54, 1.807) is 13.0 Å². The van der Waals surface area contributed by atoms with Crippen molar-refractivity contribution in [1.82, 2.24) is 5.32 Å². The molecule has 3 nitrogen and oxygen atoms in total. The number of fused-ring (bicyclic) bond motifs is 1. The number of nitrogens with one attached hydrogen (secondary N) is 1. The van der Waals surface area contributed by atoms with Crippen molar-refractivity contribution in [3.8, 4) is 0 Å². The number of hydrogen-bond acceptors (Lipinski definition) is 3. The molecule has 1 aliphatic rings. The lowest BCUT2D eigenvalue weighted by Gasteiger charge is -2.11. The fraction of sp³-hybridized carbons (Fsp3) is 0.500. The van der Waals surface area contributed by atoms with Crippen LogP contribution in [0.5, 0.6) is 0 Å². The van der Waals surface area contributed by atoms with Crippen molar-refractivity contribution in [2.75, 3.05) is 7.05 Å². The van der Waals surface area contributed by atoms with E-state index in [-0.39, 0.29) is 11.3 Å². The molecule has 88 valence electrons. The molecule has 0 spiro atoms. The van der Waals surface area contributed by atoms with E-state index >= 15 is 0 Å². The minimum Gasteiger partial charge on any atom is -0.313 e. The van der Waals surface area contributed by atoms with Gasteiger partial charge < -0.3 is 5.32 Å². The molecule has 0 radical (unpaired) electrons. The molecule has 0 amide bonds. The van der Waals surface area contributed by atoms with Gasteiger partial charge in [-0.3, -0.25) is 0 Å². The number of rotatable bonds is 2. The van der Waals surface area contributed by atoms with Crippen LogP contribution >= 0.6 is 0 Å². The Hall–Kier alpha value is -0.870. The van der Waals surface area contributed by atoms with Crippen LogP contribution in [0.3, 0.4) is 0 Å². The lowest BCUT2D eigenvalue weighted by molar-refractivity contribution is 0.590. The van der Waals surface area contributed by atoms with Crippen LogP contribution in [0.1, 0.15) is 31.0 Å². The second kappa shape index (κ2) is 3.86. The zero-order valence-corrected chi connectivity index (χ0v) is 10.6. The standard InChI is InChI=1S/C12H17NO2S/c1-8-6-11-7-10(9(2)13-3)4-5-12(11)16(8,14)15/h4-5,7-9,13H,6H2,1-3H3. The van der Waals surface area contributed by atoms with Crippen LogP contribution in [-0.4, -0.2) is 20.7 Å². The van der Waals surface area contributed by atoms with Crippen LogP contribution < -0.4 is 5.32 Å². The molecule has 1 aromatic carbocycles. The van der Waals surface area contributed by atoms with Gasteiger partial charge in [0.15, 0.2) is 9.84 Å². The maximum Gasteiger partial charge on any atom is 0.181 e. The zero-order chi connectivity index (χ0) is 11.9. The summed E-state index contributed by atoms with van der Waals surface area (Å²) in [6.45, 7) is 3.84. The Bertz CT molecular complexity index is 508. The van der Waals surface area contributed by atoms with Gasteiger partial charge in [0.1, 0.15) is 0 Å². The minimum absolute atomic E-state index is 0.254. The first-order valence-electron chi connectivity index (χ1n) is 5.51. The molecule has 1 N–H and O–H groups in total. The Morgan fingerprint density at radius 2 is 2.12 bits per heavy atom. The second-order valence-electron chi connectivity index (χ2n) is 4.44. The van der Waals surface area contributed by atoms with Crippen LogP contribution in [0.15, 0.2) is 23.1 Å². The normalized spacial score (nSPS) is 24.1. The molecule has 0 saturated heterocycles. The molecule has 0 saturated carbocycles. The van der Waals surface area contributed by atoms with Crippen molar-refractivity contribution in [3.05, 3.63) is 29.3 Å². The Balaban J connectivity index is 2.49. The highest BCUT2D eigenvalue weighted by molar-refractivity contribution is 7.92. The van der Waals surface area contributed by atoms with Gasteiger partial charge in [-0.2, -0.15) is 0 Å². The first-order chi connectivity index (χ1) is 7.46. The van der Waals surface area contributed by atoms with Crippen molar-refractivity contribution >= 4 is 9.84 Å². The topological polar surface area (TPSA) is 46.2 Å². The highest BCUT2D eigenvalue weighted by Crippen LogP contribution is 2.32. The molecule has 2 unspecified atom stereocenters. The summed E-state index contributed by atoms with van der Waals surface area (Å²) in [6, 6.07) is 5.91. The van der Waals surface area contributed by atoms with E-state index in [4.69, 9.17) is 0 Å². The molecule has 4 heteroatoms. The average molecular weight is 239 g/mol. The van der Waals surface area contributed by atoms with Crippen molar-refractivity contribution in [2.24, 2.45) is 0 Å².